The van der Waals surface area contributed by atoms with E-state index < -0.39 is 0 Å². The van der Waals surface area contributed by atoms with Crippen LogP contribution >= 0.6 is 39.0 Å². The number of carbonyl (C=O) groups excluding carboxylic acids is 3. The van der Waals surface area contributed by atoms with Crippen molar-refractivity contribution in [2.45, 2.75) is 11.3 Å². The molecule has 11 heteroatoms. The van der Waals surface area contributed by atoms with Crippen molar-refractivity contribution in [2.24, 2.45) is 0 Å². The average molecular weight is 506 g/mol. The van der Waals surface area contributed by atoms with Gasteiger partial charge in [0.15, 0.2) is 4.34 Å². The summed E-state index contributed by atoms with van der Waals surface area (Å²) in [5.74, 6) is -0.505. The van der Waals surface area contributed by atoms with Gasteiger partial charge in [-0.05, 0) is 48.5 Å². The summed E-state index contributed by atoms with van der Waals surface area (Å²) in [5.41, 5.74) is 1.78. The summed E-state index contributed by atoms with van der Waals surface area (Å²) >= 11 is 5.74. The Bertz CT molecular complexity index is 1050. The molecule has 1 heterocycles. The van der Waals surface area contributed by atoms with Gasteiger partial charge in [0.1, 0.15) is 0 Å². The molecule has 0 unspecified atom stereocenters. The van der Waals surface area contributed by atoms with Crippen LogP contribution in [0.5, 0.6) is 0 Å². The Morgan fingerprint density at radius 1 is 0.933 bits per heavy atom. The third kappa shape index (κ3) is 6.65. The van der Waals surface area contributed by atoms with Gasteiger partial charge >= 0.3 is 0 Å². The lowest BCUT2D eigenvalue weighted by Gasteiger charge is -2.06. The lowest BCUT2D eigenvalue weighted by molar-refractivity contribution is -0.114. The van der Waals surface area contributed by atoms with Crippen molar-refractivity contribution in [1.29, 1.82) is 0 Å². The third-order valence-corrected chi connectivity index (χ3v) is 6.05. The Labute approximate surface area is 189 Å². The quantitative estimate of drug-likeness (QED) is 0.326. The van der Waals surface area contributed by atoms with E-state index in [1.807, 2.05) is 0 Å². The molecule has 3 amide bonds. The molecule has 3 aromatic rings. The first-order chi connectivity index (χ1) is 14.4. The lowest BCUT2D eigenvalue weighted by atomic mass is 10.2. The van der Waals surface area contributed by atoms with E-state index in [1.165, 1.54) is 30.0 Å². The van der Waals surface area contributed by atoms with Crippen LogP contribution in [0.2, 0.25) is 0 Å². The molecule has 0 saturated carbocycles. The minimum atomic E-state index is -0.282. The number of hydrogen-bond donors (Lipinski definition) is 3. The molecule has 2 aromatic carbocycles. The molecule has 0 spiro atoms. The summed E-state index contributed by atoms with van der Waals surface area (Å²) in [7, 11) is 0. The number of aromatic nitrogens is 2. The minimum Gasteiger partial charge on any atom is -0.326 e. The van der Waals surface area contributed by atoms with Gasteiger partial charge in [-0.25, -0.2) is 0 Å². The Morgan fingerprint density at radius 3 is 2.20 bits per heavy atom. The first-order valence-electron chi connectivity index (χ1n) is 8.60. The number of hydrogen-bond acceptors (Lipinski definition) is 7. The lowest BCUT2D eigenvalue weighted by Crippen LogP contribution is -2.14. The fraction of sp³-hybridized carbons (Fsp3) is 0.105. The fourth-order valence-electron chi connectivity index (χ4n) is 2.25. The molecule has 3 rings (SSSR count). The van der Waals surface area contributed by atoms with Crippen LogP contribution in [0.25, 0.3) is 0 Å². The van der Waals surface area contributed by atoms with Crippen molar-refractivity contribution in [3.8, 4) is 0 Å². The van der Waals surface area contributed by atoms with Crippen molar-refractivity contribution in [2.75, 3.05) is 21.7 Å². The first-order valence-corrected chi connectivity index (χ1v) is 11.2. The number of amides is 3. The van der Waals surface area contributed by atoms with E-state index in [-0.39, 0.29) is 23.5 Å². The molecule has 3 N–H and O–H groups in total. The predicted octanol–water partition coefficient (Wildman–Crippen LogP) is 4.24. The molecule has 8 nitrogen and oxygen atoms in total. The average Bonchev–Trinajstić information content (AvgIpc) is 3.15. The Balaban J connectivity index is 1.47. The monoisotopic (exact) mass is 505 g/mol. The Kier molecular flexibility index (Phi) is 7.55. The van der Waals surface area contributed by atoms with Crippen LogP contribution in [0.1, 0.15) is 17.3 Å². The number of nitrogens with zero attached hydrogens (tertiary/aromatic N) is 2. The summed E-state index contributed by atoms with van der Waals surface area (Å²) < 4.78 is 1.45. The molecule has 154 valence electrons. The largest absolute Gasteiger partial charge is 0.326 e. The van der Waals surface area contributed by atoms with E-state index in [2.05, 4.69) is 42.1 Å². The van der Waals surface area contributed by atoms with Gasteiger partial charge in [-0.2, -0.15) is 0 Å². The van der Waals surface area contributed by atoms with Crippen LogP contribution in [0.3, 0.4) is 0 Å². The summed E-state index contributed by atoms with van der Waals surface area (Å²) in [4.78, 5) is 35.4. The van der Waals surface area contributed by atoms with Gasteiger partial charge in [0.2, 0.25) is 16.9 Å². The number of benzene rings is 2. The van der Waals surface area contributed by atoms with Crippen LogP contribution < -0.4 is 16.0 Å². The summed E-state index contributed by atoms with van der Waals surface area (Å²) in [6.07, 6.45) is 0. The number of anilines is 3. The molecule has 0 radical (unpaired) electrons. The Hall–Kier alpha value is -2.76. The van der Waals surface area contributed by atoms with Gasteiger partial charge in [0, 0.05) is 28.3 Å². The standard InChI is InChI=1S/C19H16BrN5O3S2/c1-11(26)21-14-6-8-15(9-7-14)22-16(27)10-29-19-25-24-18(30-19)23-17(28)12-2-4-13(20)5-3-12/h2-9H,10H2,1H3,(H,21,26)(H,22,27)(H,23,24,28). The highest BCUT2D eigenvalue weighted by Gasteiger charge is 2.12. The smallest absolute Gasteiger partial charge is 0.257 e. The highest BCUT2D eigenvalue weighted by atomic mass is 79.9. The minimum absolute atomic E-state index is 0.142. The maximum atomic E-state index is 12.2. The van der Waals surface area contributed by atoms with Crippen molar-refractivity contribution in [1.82, 2.24) is 10.2 Å². The molecule has 0 aliphatic heterocycles. The van der Waals surface area contributed by atoms with E-state index in [0.29, 0.717) is 26.4 Å². The van der Waals surface area contributed by atoms with Crippen LogP contribution in [0.4, 0.5) is 16.5 Å². The zero-order valence-corrected chi connectivity index (χ0v) is 18.9. The molecule has 0 aliphatic rings. The third-order valence-electron chi connectivity index (χ3n) is 3.55. The molecule has 0 atom stereocenters. The number of carbonyl (C=O) groups is 3. The van der Waals surface area contributed by atoms with Crippen LogP contribution in [0, 0.1) is 0 Å². The summed E-state index contributed by atoms with van der Waals surface area (Å²) in [6, 6.07) is 13.8. The molecule has 1 aromatic heterocycles. The summed E-state index contributed by atoms with van der Waals surface area (Å²) in [5, 5.41) is 16.4. The van der Waals surface area contributed by atoms with Crippen molar-refractivity contribution in [3.63, 3.8) is 0 Å². The van der Waals surface area contributed by atoms with E-state index >= 15 is 0 Å². The second kappa shape index (κ2) is 10.3. The van der Waals surface area contributed by atoms with Crippen LogP contribution in [-0.4, -0.2) is 33.7 Å². The SMILES string of the molecule is CC(=O)Nc1ccc(NC(=O)CSc2nnc(NC(=O)c3ccc(Br)cc3)s2)cc1. The maximum absolute atomic E-state index is 12.2. The normalized spacial score (nSPS) is 10.3. The van der Waals surface area contributed by atoms with Gasteiger partial charge in [0.05, 0.1) is 5.75 Å². The van der Waals surface area contributed by atoms with Gasteiger partial charge in [-0.3, -0.25) is 19.7 Å². The molecular weight excluding hydrogens is 490 g/mol. The fourth-order valence-corrected chi connectivity index (χ4v) is 4.07. The molecule has 0 aliphatic carbocycles. The number of halogens is 1. The van der Waals surface area contributed by atoms with Crippen molar-refractivity contribution in [3.05, 3.63) is 58.6 Å². The molecular formula is C19H16BrN5O3S2. The maximum Gasteiger partial charge on any atom is 0.257 e. The number of rotatable bonds is 7. The summed E-state index contributed by atoms with van der Waals surface area (Å²) in [6.45, 7) is 1.43. The van der Waals surface area contributed by atoms with E-state index in [9.17, 15) is 14.4 Å². The Morgan fingerprint density at radius 2 is 1.57 bits per heavy atom. The number of nitrogens with one attached hydrogen (secondary N) is 3. The van der Waals surface area contributed by atoms with Gasteiger partial charge < -0.3 is 10.6 Å². The first kappa shape index (κ1) is 21.9. The van der Waals surface area contributed by atoms with Crippen LogP contribution in [-0.2, 0) is 9.59 Å². The van der Waals surface area contributed by atoms with E-state index in [4.69, 9.17) is 0 Å². The number of thioether (sulfide) groups is 1. The molecule has 0 fully saturated rings. The van der Waals surface area contributed by atoms with Crippen molar-refractivity contribution >= 4 is 73.3 Å². The van der Waals surface area contributed by atoms with Crippen LogP contribution in [0.15, 0.2) is 57.3 Å². The van der Waals surface area contributed by atoms with Crippen molar-refractivity contribution < 1.29 is 14.4 Å². The van der Waals surface area contributed by atoms with Gasteiger partial charge in [-0.1, -0.05) is 39.0 Å². The van der Waals surface area contributed by atoms with E-state index in [0.717, 1.165) is 4.47 Å². The van der Waals surface area contributed by atoms with Gasteiger partial charge in [0.25, 0.3) is 5.91 Å². The predicted molar refractivity (Wildman–Crippen MR) is 122 cm³/mol. The molecule has 30 heavy (non-hydrogen) atoms. The second-order valence-corrected chi connectivity index (χ2v) is 9.05. The zero-order valence-electron chi connectivity index (χ0n) is 15.6. The molecule has 0 saturated heterocycles. The molecule has 0 bridgehead atoms. The highest BCUT2D eigenvalue weighted by molar-refractivity contribution is 9.10. The second-order valence-electron chi connectivity index (χ2n) is 5.93. The highest BCUT2D eigenvalue weighted by Crippen LogP contribution is 2.26. The zero-order chi connectivity index (χ0) is 21.5. The van der Waals surface area contributed by atoms with E-state index in [1.54, 1.807) is 48.5 Å². The topological polar surface area (TPSA) is 113 Å². The van der Waals surface area contributed by atoms with Gasteiger partial charge in [-0.15, -0.1) is 10.2 Å².